The Hall–Kier alpha value is -1.63. The highest BCUT2D eigenvalue weighted by molar-refractivity contribution is 7.11. The summed E-state index contributed by atoms with van der Waals surface area (Å²) in [5.41, 5.74) is 1.12. The van der Waals surface area contributed by atoms with Gasteiger partial charge in [-0.05, 0) is 33.6 Å². The number of aryl methyl sites for hydroxylation is 2. The van der Waals surface area contributed by atoms with E-state index in [1.165, 1.54) is 4.88 Å². The van der Waals surface area contributed by atoms with E-state index in [0.717, 1.165) is 42.5 Å². The molecule has 6 nitrogen and oxygen atoms in total. The number of rotatable bonds is 8. The van der Waals surface area contributed by atoms with Crippen LogP contribution in [0.2, 0.25) is 0 Å². The zero-order valence-electron chi connectivity index (χ0n) is 14.2. The second-order valence-corrected chi connectivity index (χ2v) is 7.04. The van der Waals surface area contributed by atoms with Gasteiger partial charge in [0, 0.05) is 43.4 Å². The van der Waals surface area contributed by atoms with Crippen molar-refractivity contribution in [3.63, 3.8) is 0 Å². The molecule has 1 aliphatic rings. The van der Waals surface area contributed by atoms with Crippen molar-refractivity contribution >= 4 is 23.2 Å². The fourth-order valence-electron chi connectivity index (χ4n) is 2.11. The molecule has 0 aromatic carbocycles. The van der Waals surface area contributed by atoms with Crippen molar-refractivity contribution in [2.45, 2.75) is 40.0 Å². The zero-order valence-corrected chi connectivity index (χ0v) is 15.1. The highest BCUT2D eigenvalue weighted by atomic mass is 32.1. The van der Waals surface area contributed by atoms with Crippen molar-refractivity contribution in [1.82, 2.24) is 20.9 Å². The van der Waals surface area contributed by atoms with Crippen LogP contribution in [0.3, 0.4) is 0 Å². The number of carbonyl (C=O) groups excluding carboxylic acids is 1. The summed E-state index contributed by atoms with van der Waals surface area (Å²) in [6.45, 7) is 9.01. The lowest BCUT2D eigenvalue weighted by Crippen LogP contribution is -2.41. The maximum Gasteiger partial charge on any atom is 0.223 e. The lowest BCUT2D eigenvalue weighted by atomic mass is 10.4. The average molecular weight is 337 g/mol. The Balaban J connectivity index is 1.69. The number of amides is 1. The van der Waals surface area contributed by atoms with Gasteiger partial charge in [-0.25, -0.2) is 4.98 Å². The van der Waals surface area contributed by atoms with Gasteiger partial charge in [0.05, 0.1) is 10.7 Å². The first-order valence-corrected chi connectivity index (χ1v) is 9.14. The first-order valence-electron chi connectivity index (χ1n) is 8.33. The number of hydrogen-bond donors (Lipinski definition) is 3. The van der Waals surface area contributed by atoms with Gasteiger partial charge in [-0.3, -0.25) is 9.79 Å². The van der Waals surface area contributed by atoms with E-state index in [4.69, 9.17) is 0 Å². The first-order chi connectivity index (χ1) is 11.1. The number of nitrogens with zero attached hydrogens (tertiary/aromatic N) is 2. The van der Waals surface area contributed by atoms with Gasteiger partial charge in [-0.15, -0.1) is 11.3 Å². The van der Waals surface area contributed by atoms with Crippen molar-refractivity contribution in [3.05, 3.63) is 15.6 Å². The highest BCUT2D eigenvalue weighted by Gasteiger charge is 2.28. The lowest BCUT2D eigenvalue weighted by Gasteiger charge is -2.11. The average Bonchev–Trinajstić information content (AvgIpc) is 3.31. The predicted octanol–water partition coefficient (Wildman–Crippen LogP) is 1.38. The molecule has 1 saturated carbocycles. The molecule has 0 radical (unpaired) electrons. The summed E-state index contributed by atoms with van der Waals surface area (Å²) >= 11 is 1.74. The molecule has 7 heteroatoms. The van der Waals surface area contributed by atoms with Gasteiger partial charge < -0.3 is 16.0 Å². The van der Waals surface area contributed by atoms with Crippen LogP contribution in [-0.4, -0.2) is 43.0 Å². The van der Waals surface area contributed by atoms with E-state index < -0.39 is 0 Å². The monoisotopic (exact) mass is 337 g/mol. The molecule has 1 aromatic heterocycles. The van der Waals surface area contributed by atoms with Crippen LogP contribution < -0.4 is 16.0 Å². The summed E-state index contributed by atoms with van der Waals surface area (Å²) in [6, 6.07) is 0. The quantitative estimate of drug-likeness (QED) is 0.380. The van der Waals surface area contributed by atoms with Crippen molar-refractivity contribution in [2.24, 2.45) is 10.9 Å². The maximum atomic E-state index is 11.5. The minimum absolute atomic E-state index is 0.184. The summed E-state index contributed by atoms with van der Waals surface area (Å²) in [6.07, 6.45) is 2.94. The number of hydrogen-bond acceptors (Lipinski definition) is 4. The molecule has 0 unspecified atom stereocenters. The molecule has 2 rings (SSSR count). The van der Waals surface area contributed by atoms with Crippen LogP contribution in [0.1, 0.15) is 35.3 Å². The van der Waals surface area contributed by atoms with E-state index in [-0.39, 0.29) is 11.8 Å². The molecule has 0 bridgehead atoms. The zero-order chi connectivity index (χ0) is 16.7. The number of aromatic nitrogens is 1. The second-order valence-electron chi connectivity index (χ2n) is 5.75. The number of nitrogens with one attached hydrogen (secondary N) is 3. The minimum atomic E-state index is 0.184. The third-order valence-corrected chi connectivity index (χ3v) is 4.81. The Morgan fingerprint density at radius 1 is 1.26 bits per heavy atom. The van der Waals surface area contributed by atoms with Gasteiger partial charge in [0.2, 0.25) is 5.91 Å². The van der Waals surface area contributed by atoms with Crippen LogP contribution in [0.25, 0.3) is 0 Å². The molecule has 128 valence electrons. The summed E-state index contributed by atoms with van der Waals surface area (Å²) in [5.74, 6) is 1.24. The lowest BCUT2D eigenvalue weighted by molar-refractivity contribution is -0.122. The van der Waals surface area contributed by atoms with Gasteiger partial charge in [-0.2, -0.15) is 0 Å². The molecule has 3 N–H and O–H groups in total. The van der Waals surface area contributed by atoms with Gasteiger partial charge in [0.1, 0.15) is 0 Å². The van der Waals surface area contributed by atoms with E-state index in [1.807, 2.05) is 13.8 Å². The molecule has 0 saturated heterocycles. The van der Waals surface area contributed by atoms with Gasteiger partial charge >= 0.3 is 0 Å². The largest absolute Gasteiger partial charge is 0.357 e. The summed E-state index contributed by atoms with van der Waals surface area (Å²) in [5, 5.41) is 10.5. The fourth-order valence-corrected chi connectivity index (χ4v) is 3.03. The minimum Gasteiger partial charge on any atom is -0.357 e. The van der Waals surface area contributed by atoms with Gasteiger partial charge in [-0.1, -0.05) is 0 Å². The number of thiazole rings is 1. The molecule has 0 spiro atoms. The van der Waals surface area contributed by atoms with E-state index in [1.54, 1.807) is 11.3 Å². The molecule has 1 fully saturated rings. The fraction of sp³-hybridized carbons (Fsp3) is 0.688. The molecule has 0 aliphatic heterocycles. The van der Waals surface area contributed by atoms with Crippen LogP contribution in [0.15, 0.2) is 4.99 Å². The normalized spacial score (nSPS) is 14.7. The Morgan fingerprint density at radius 2 is 2.00 bits per heavy atom. The Kier molecular flexibility index (Phi) is 6.83. The van der Waals surface area contributed by atoms with Crippen molar-refractivity contribution in [2.75, 3.05) is 26.2 Å². The van der Waals surface area contributed by atoms with E-state index in [9.17, 15) is 4.79 Å². The summed E-state index contributed by atoms with van der Waals surface area (Å²) < 4.78 is 0. The second kappa shape index (κ2) is 8.86. The SMILES string of the molecule is CCNC(=NCCc1nc(C)c(C)s1)NCCNC(=O)C1CC1. The Labute approximate surface area is 142 Å². The standard InChI is InChI=1S/C16H27N5OS/c1-4-17-16(20-10-9-18-15(22)13-5-6-13)19-8-7-14-21-11(2)12(3)23-14/h13H,4-10H2,1-3H3,(H,18,22)(H2,17,19,20). The summed E-state index contributed by atoms with van der Waals surface area (Å²) in [7, 11) is 0. The molecule has 1 amide bonds. The van der Waals surface area contributed by atoms with Crippen molar-refractivity contribution in [1.29, 1.82) is 0 Å². The number of guanidine groups is 1. The first kappa shape index (κ1) is 17.7. The van der Waals surface area contributed by atoms with Gasteiger partial charge in [0.15, 0.2) is 5.96 Å². The maximum absolute atomic E-state index is 11.5. The molecule has 1 aromatic rings. The number of aliphatic imine (C=N–C) groups is 1. The molecular formula is C16H27N5OS. The van der Waals surface area contributed by atoms with Crippen LogP contribution in [0.5, 0.6) is 0 Å². The Morgan fingerprint density at radius 3 is 2.61 bits per heavy atom. The molecule has 1 aliphatic carbocycles. The molecule has 0 atom stereocenters. The predicted molar refractivity (Wildman–Crippen MR) is 95.0 cm³/mol. The molecule has 1 heterocycles. The summed E-state index contributed by atoms with van der Waals surface area (Å²) in [4.78, 5) is 21.9. The van der Waals surface area contributed by atoms with Crippen LogP contribution in [0, 0.1) is 19.8 Å². The van der Waals surface area contributed by atoms with Crippen LogP contribution >= 0.6 is 11.3 Å². The van der Waals surface area contributed by atoms with E-state index in [2.05, 4.69) is 32.9 Å². The van der Waals surface area contributed by atoms with Crippen LogP contribution in [-0.2, 0) is 11.2 Å². The molecule has 23 heavy (non-hydrogen) atoms. The van der Waals surface area contributed by atoms with Gasteiger partial charge in [0.25, 0.3) is 0 Å². The Bertz CT molecular complexity index is 531. The van der Waals surface area contributed by atoms with Crippen molar-refractivity contribution < 1.29 is 4.79 Å². The van der Waals surface area contributed by atoms with Crippen LogP contribution in [0.4, 0.5) is 0 Å². The molecular weight excluding hydrogens is 310 g/mol. The van der Waals surface area contributed by atoms with E-state index >= 15 is 0 Å². The third kappa shape index (κ3) is 6.17. The van der Waals surface area contributed by atoms with Crippen molar-refractivity contribution in [3.8, 4) is 0 Å². The smallest absolute Gasteiger partial charge is 0.223 e. The van der Waals surface area contributed by atoms with E-state index in [0.29, 0.717) is 19.6 Å². The number of carbonyl (C=O) groups is 1. The third-order valence-electron chi connectivity index (χ3n) is 3.68. The topological polar surface area (TPSA) is 78.4 Å². The highest BCUT2D eigenvalue weighted by Crippen LogP contribution is 2.28.